The van der Waals surface area contributed by atoms with Gasteiger partial charge in [0.05, 0.1) is 11.3 Å². The van der Waals surface area contributed by atoms with Crippen LogP contribution in [0.3, 0.4) is 0 Å². The van der Waals surface area contributed by atoms with Gasteiger partial charge in [-0.15, -0.1) is 0 Å². The summed E-state index contributed by atoms with van der Waals surface area (Å²) in [5, 5.41) is 11.5. The van der Waals surface area contributed by atoms with Crippen molar-refractivity contribution in [3.05, 3.63) is 64.6 Å². The fourth-order valence-electron chi connectivity index (χ4n) is 2.95. The molecule has 0 aromatic heterocycles. The molecule has 7 nitrogen and oxygen atoms in total. The van der Waals surface area contributed by atoms with E-state index in [4.69, 9.17) is 17.3 Å². The maximum Gasteiger partial charge on any atom is 0.387 e. The third-order valence-corrected chi connectivity index (χ3v) is 5.83. The first-order chi connectivity index (χ1) is 15.7. The smallest absolute Gasteiger partial charge is 0.387 e. The molecule has 33 heavy (non-hydrogen) atoms. The predicted octanol–water partition coefficient (Wildman–Crippen LogP) is 4.15. The summed E-state index contributed by atoms with van der Waals surface area (Å²) in [6.07, 6.45) is 1.28. The molecule has 1 aliphatic heterocycles. The molecule has 1 aliphatic rings. The zero-order valence-corrected chi connectivity index (χ0v) is 18.6. The van der Waals surface area contributed by atoms with Crippen LogP contribution in [0.4, 0.5) is 14.5 Å². The van der Waals surface area contributed by atoms with Crippen LogP contribution in [-0.2, 0) is 20.8 Å². The number of hydrogen-bond donors (Lipinski definition) is 2. The maximum atomic E-state index is 12.7. The second-order valence-electron chi connectivity index (χ2n) is 6.82. The first-order valence-electron chi connectivity index (χ1n) is 9.62. The quantitative estimate of drug-likeness (QED) is 0.401. The maximum absolute atomic E-state index is 12.7. The molecule has 2 aromatic rings. The molecule has 0 bridgehead atoms. The van der Waals surface area contributed by atoms with Crippen molar-refractivity contribution in [2.75, 3.05) is 11.9 Å². The van der Waals surface area contributed by atoms with Gasteiger partial charge in [-0.3, -0.25) is 19.3 Å². The lowest BCUT2D eigenvalue weighted by atomic mass is 10.1. The van der Waals surface area contributed by atoms with Gasteiger partial charge in [-0.25, -0.2) is 0 Å². The Kier molecular flexibility index (Phi) is 8.12. The molecular weight excluding hydrogens is 474 g/mol. The number of hydrogen-bond acceptors (Lipinski definition) is 6. The first kappa shape index (κ1) is 24.3. The summed E-state index contributed by atoms with van der Waals surface area (Å²) in [7, 11) is 0. The number of anilines is 1. The number of rotatable bonds is 9. The Morgan fingerprint density at radius 2 is 1.88 bits per heavy atom. The summed E-state index contributed by atoms with van der Waals surface area (Å²) in [5.41, 5.74) is 1.41. The van der Waals surface area contributed by atoms with Crippen LogP contribution in [0.15, 0.2) is 53.4 Å². The van der Waals surface area contributed by atoms with E-state index < -0.39 is 18.5 Å². The summed E-state index contributed by atoms with van der Waals surface area (Å²) in [6.45, 7) is -2.96. The summed E-state index contributed by atoms with van der Waals surface area (Å²) < 4.78 is 30.0. The molecule has 0 saturated carbocycles. The molecule has 0 aliphatic carbocycles. The predicted molar refractivity (Wildman–Crippen MR) is 124 cm³/mol. The van der Waals surface area contributed by atoms with Crippen LogP contribution < -0.4 is 10.1 Å². The molecule has 11 heteroatoms. The standard InChI is InChI=1S/C22H18F2N2O5S2/c23-21(24)31-16-4-2-1-3-14(16)12-17-20(30)26(22(32)33-17)10-9-18(27)25-15-7-5-13(6-8-15)11-19(28)29/h1-8,12,21H,9-11H2,(H,25,27)(H,28,29)/b17-12-. The molecule has 0 atom stereocenters. The largest absolute Gasteiger partial charge is 0.481 e. The molecule has 2 N–H and O–H groups in total. The minimum atomic E-state index is -3.00. The highest BCUT2D eigenvalue weighted by atomic mass is 32.2. The van der Waals surface area contributed by atoms with Crippen molar-refractivity contribution in [3.8, 4) is 5.75 Å². The fourth-order valence-corrected chi connectivity index (χ4v) is 4.25. The molecule has 1 saturated heterocycles. The number of alkyl halides is 2. The van der Waals surface area contributed by atoms with Crippen LogP contribution in [0, 0.1) is 0 Å². The zero-order valence-electron chi connectivity index (χ0n) is 17.0. The van der Waals surface area contributed by atoms with Crippen LogP contribution in [-0.4, -0.2) is 45.3 Å². The third-order valence-electron chi connectivity index (χ3n) is 4.45. The van der Waals surface area contributed by atoms with Crippen molar-refractivity contribution < 1.29 is 33.0 Å². The average Bonchev–Trinajstić information content (AvgIpc) is 3.01. The molecule has 2 amide bonds. The lowest BCUT2D eigenvalue weighted by molar-refractivity contribution is -0.136. The molecule has 0 radical (unpaired) electrons. The lowest BCUT2D eigenvalue weighted by Crippen LogP contribution is -2.31. The summed E-state index contributed by atoms with van der Waals surface area (Å²) >= 11 is 6.25. The Morgan fingerprint density at radius 1 is 1.18 bits per heavy atom. The first-order valence-corrected chi connectivity index (χ1v) is 10.8. The van der Waals surface area contributed by atoms with E-state index in [1.807, 2.05) is 0 Å². The highest BCUT2D eigenvalue weighted by molar-refractivity contribution is 8.26. The van der Waals surface area contributed by atoms with Gasteiger partial charge in [0, 0.05) is 24.2 Å². The number of halogens is 2. The normalized spacial score (nSPS) is 14.8. The number of carboxylic acids is 1. The van der Waals surface area contributed by atoms with E-state index in [1.54, 1.807) is 42.5 Å². The average molecular weight is 493 g/mol. The van der Waals surface area contributed by atoms with Gasteiger partial charge in [0.2, 0.25) is 5.91 Å². The number of para-hydroxylation sites is 1. The highest BCUT2D eigenvalue weighted by Gasteiger charge is 2.32. The summed E-state index contributed by atoms with van der Waals surface area (Å²) in [6, 6.07) is 12.5. The van der Waals surface area contributed by atoms with Gasteiger partial charge < -0.3 is 15.2 Å². The molecule has 2 aromatic carbocycles. The van der Waals surface area contributed by atoms with E-state index in [1.165, 1.54) is 17.0 Å². The van der Waals surface area contributed by atoms with Crippen molar-refractivity contribution in [2.24, 2.45) is 0 Å². The van der Waals surface area contributed by atoms with E-state index in [-0.39, 0.29) is 40.3 Å². The van der Waals surface area contributed by atoms with E-state index in [0.717, 1.165) is 11.8 Å². The van der Waals surface area contributed by atoms with Gasteiger partial charge in [-0.1, -0.05) is 54.3 Å². The van der Waals surface area contributed by atoms with Gasteiger partial charge in [-0.05, 0) is 29.8 Å². The van der Waals surface area contributed by atoms with Crippen molar-refractivity contribution in [1.29, 1.82) is 0 Å². The topological polar surface area (TPSA) is 95.9 Å². The molecule has 1 fully saturated rings. The van der Waals surface area contributed by atoms with Crippen LogP contribution >= 0.6 is 24.0 Å². The van der Waals surface area contributed by atoms with Crippen LogP contribution in [0.25, 0.3) is 6.08 Å². The summed E-state index contributed by atoms with van der Waals surface area (Å²) in [5.74, 6) is -1.79. The Hall–Kier alpha value is -3.31. The van der Waals surface area contributed by atoms with E-state index in [2.05, 4.69) is 10.1 Å². The molecular formula is C22H18F2N2O5S2. The molecule has 1 heterocycles. The zero-order chi connectivity index (χ0) is 24.0. The van der Waals surface area contributed by atoms with Gasteiger partial charge >= 0.3 is 12.6 Å². The van der Waals surface area contributed by atoms with Crippen LogP contribution in [0.5, 0.6) is 5.75 Å². The third kappa shape index (κ3) is 6.83. The highest BCUT2D eigenvalue weighted by Crippen LogP contribution is 2.34. The Morgan fingerprint density at radius 3 is 2.55 bits per heavy atom. The lowest BCUT2D eigenvalue weighted by Gasteiger charge is -2.14. The fraction of sp³-hybridized carbons (Fsp3) is 0.182. The number of nitrogens with one attached hydrogen (secondary N) is 1. The number of aliphatic carboxylic acids is 1. The van der Waals surface area contributed by atoms with Crippen molar-refractivity contribution >= 4 is 57.8 Å². The van der Waals surface area contributed by atoms with Crippen LogP contribution in [0.1, 0.15) is 17.5 Å². The minimum Gasteiger partial charge on any atom is -0.481 e. The van der Waals surface area contributed by atoms with Crippen molar-refractivity contribution in [2.45, 2.75) is 19.5 Å². The van der Waals surface area contributed by atoms with Gasteiger partial charge in [0.1, 0.15) is 10.1 Å². The van der Waals surface area contributed by atoms with Gasteiger partial charge in [0.25, 0.3) is 5.91 Å². The van der Waals surface area contributed by atoms with E-state index in [9.17, 15) is 23.2 Å². The number of benzene rings is 2. The second-order valence-corrected chi connectivity index (χ2v) is 8.49. The van der Waals surface area contributed by atoms with E-state index >= 15 is 0 Å². The monoisotopic (exact) mass is 492 g/mol. The Balaban J connectivity index is 1.60. The number of thioether (sulfide) groups is 1. The number of thiocarbonyl (C=S) groups is 1. The molecule has 0 unspecified atom stereocenters. The number of nitrogens with zero attached hydrogens (tertiary/aromatic N) is 1. The number of ether oxygens (including phenoxy) is 1. The van der Waals surface area contributed by atoms with E-state index in [0.29, 0.717) is 16.8 Å². The molecule has 0 spiro atoms. The Labute approximate surface area is 197 Å². The number of carbonyl (C=O) groups excluding carboxylic acids is 2. The molecule has 3 rings (SSSR count). The second kappa shape index (κ2) is 11.0. The van der Waals surface area contributed by atoms with Crippen LogP contribution in [0.2, 0.25) is 0 Å². The van der Waals surface area contributed by atoms with Crippen molar-refractivity contribution in [1.82, 2.24) is 4.90 Å². The number of carbonyl (C=O) groups is 3. The van der Waals surface area contributed by atoms with Gasteiger partial charge in [-0.2, -0.15) is 8.78 Å². The Bertz CT molecular complexity index is 1110. The SMILES string of the molecule is O=C(O)Cc1ccc(NC(=O)CCN2C(=O)/C(=C/c3ccccc3OC(F)F)SC2=S)cc1. The summed E-state index contributed by atoms with van der Waals surface area (Å²) in [4.78, 5) is 37.2. The van der Waals surface area contributed by atoms with Gasteiger partial charge in [0.15, 0.2) is 0 Å². The van der Waals surface area contributed by atoms with Crippen molar-refractivity contribution in [3.63, 3.8) is 0 Å². The molecule has 172 valence electrons. The minimum absolute atomic E-state index is 0.0261. The number of amides is 2. The number of carboxylic acid groups (broad SMARTS) is 1.